The first kappa shape index (κ1) is 14.1. The average Bonchev–Trinajstić information content (AvgIpc) is 2.45. The number of aromatic hydroxyl groups is 1. The van der Waals surface area contributed by atoms with Crippen molar-refractivity contribution in [3.05, 3.63) is 71.8 Å². The molecule has 0 aromatic heterocycles. The van der Waals surface area contributed by atoms with Gasteiger partial charge in [0.05, 0.1) is 0 Å². The third-order valence-corrected chi connectivity index (χ3v) is 3.46. The minimum absolute atomic E-state index is 0.363. The molecule has 1 nitrogen and oxygen atoms in total. The van der Waals surface area contributed by atoms with Crippen LogP contribution in [0.2, 0.25) is 0 Å². The smallest absolute Gasteiger partial charge is 0.126 e. The highest BCUT2D eigenvalue weighted by atomic mass is 16.3. The van der Waals surface area contributed by atoms with Gasteiger partial charge in [-0.15, -0.1) is 6.58 Å². The van der Waals surface area contributed by atoms with E-state index in [1.54, 1.807) is 0 Å². The van der Waals surface area contributed by atoms with E-state index in [1.807, 2.05) is 44.2 Å². The minimum atomic E-state index is 0.363. The molecule has 0 spiro atoms. The van der Waals surface area contributed by atoms with Gasteiger partial charge in [-0.1, -0.05) is 48.6 Å². The van der Waals surface area contributed by atoms with Crippen LogP contribution in [0.25, 0.3) is 17.2 Å². The van der Waals surface area contributed by atoms with E-state index < -0.39 is 0 Å². The average molecular weight is 264 g/mol. The van der Waals surface area contributed by atoms with Gasteiger partial charge in [0.1, 0.15) is 5.75 Å². The molecule has 1 N–H and O–H groups in total. The fourth-order valence-corrected chi connectivity index (χ4v) is 2.35. The summed E-state index contributed by atoms with van der Waals surface area (Å²) in [7, 11) is 0. The van der Waals surface area contributed by atoms with Crippen LogP contribution < -0.4 is 0 Å². The number of phenols is 1. The minimum Gasteiger partial charge on any atom is -0.507 e. The molecule has 0 unspecified atom stereocenters. The highest BCUT2D eigenvalue weighted by Gasteiger charge is 2.10. The van der Waals surface area contributed by atoms with Gasteiger partial charge in [-0.2, -0.15) is 0 Å². The van der Waals surface area contributed by atoms with Crippen LogP contribution >= 0.6 is 0 Å². The van der Waals surface area contributed by atoms with E-state index in [9.17, 15) is 5.11 Å². The molecule has 0 heterocycles. The van der Waals surface area contributed by atoms with Gasteiger partial charge < -0.3 is 5.11 Å². The fraction of sp³-hybridized carbons (Fsp3) is 0.158. The van der Waals surface area contributed by atoms with Crippen molar-refractivity contribution in [2.45, 2.75) is 20.3 Å². The van der Waals surface area contributed by atoms with Crippen molar-refractivity contribution < 1.29 is 5.11 Å². The van der Waals surface area contributed by atoms with E-state index in [0.29, 0.717) is 5.75 Å². The third kappa shape index (κ3) is 2.83. The molecule has 0 amide bonds. The Hall–Kier alpha value is -2.28. The maximum atomic E-state index is 10.4. The van der Waals surface area contributed by atoms with Gasteiger partial charge in [0.25, 0.3) is 0 Å². The van der Waals surface area contributed by atoms with Crippen LogP contribution in [0.3, 0.4) is 0 Å². The largest absolute Gasteiger partial charge is 0.507 e. The Morgan fingerprint density at radius 2 is 2.00 bits per heavy atom. The number of rotatable bonds is 4. The summed E-state index contributed by atoms with van der Waals surface area (Å²) >= 11 is 0. The monoisotopic (exact) mass is 264 g/mol. The van der Waals surface area contributed by atoms with Crippen molar-refractivity contribution in [2.75, 3.05) is 0 Å². The zero-order valence-corrected chi connectivity index (χ0v) is 12.1. The zero-order valence-electron chi connectivity index (χ0n) is 12.1. The van der Waals surface area contributed by atoms with E-state index >= 15 is 0 Å². The summed E-state index contributed by atoms with van der Waals surface area (Å²) in [6.45, 7) is 7.70. The first-order valence-electron chi connectivity index (χ1n) is 6.83. The lowest BCUT2D eigenvalue weighted by Gasteiger charge is -2.12. The van der Waals surface area contributed by atoms with Crippen molar-refractivity contribution in [1.82, 2.24) is 0 Å². The van der Waals surface area contributed by atoms with Crippen molar-refractivity contribution in [3.8, 4) is 16.9 Å². The predicted molar refractivity (Wildman–Crippen MR) is 86.9 cm³/mol. The molecule has 2 aromatic carbocycles. The molecule has 0 aliphatic rings. The van der Waals surface area contributed by atoms with Crippen LogP contribution in [0.1, 0.15) is 23.6 Å². The topological polar surface area (TPSA) is 20.2 Å². The van der Waals surface area contributed by atoms with Gasteiger partial charge in [0.15, 0.2) is 0 Å². The van der Waals surface area contributed by atoms with Crippen LogP contribution in [-0.4, -0.2) is 5.11 Å². The second-order valence-electron chi connectivity index (χ2n) is 4.86. The quantitative estimate of drug-likeness (QED) is 0.759. The second kappa shape index (κ2) is 6.25. The van der Waals surface area contributed by atoms with Crippen LogP contribution in [0, 0.1) is 6.92 Å². The Bertz CT molecular complexity index is 651. The summed E-state index contributed by atoms with van der Waals surface area (Å²) in [6, 6.07) is 12.2. The molecule has 0 aliphatic carbocycles. The molecular formula is C19H20O. The normalized spacial score (nSPS) is 10.9. The lowest BCUT2D eigenvalue weighted by molar-refractivity contribution is 0.472. The molecule has 102 valence electrons. The van der Waals surface area contributed by atoms with Gasteiger partial charge >= 0.3 is 0 Å². The molecule has 20 heavy (non-hydrogen) atoms. The SMILES string of the molecule is C=CCc1ccc(-c2cccc(/C=C/C)c2)c(O)c1C. The van der Waals surface area contributed by atoms with Crippen molar-refractivity contribution >= 4 is 6.08 Å². The Balaban J connectivity index is 2.50. The highest BCUT2D eigenvalue weighted by molar-refractivity contribution is 5.74. The molecule has 0 aliphatic heterocycles. The van der Waals surface area contributed by atoms with E-state index in [2.05, 4.69) is 30.9 Å². The first-order chi connectivity index (χ1) is 9.67. The summed E-state index contributed by atoms with van der Waals surface area (Å²) in [4.78, 5) is 0. The van der Waals surface area contributed by atoms with Gasteiger partial charge in [-0.05, 0) is 48.6 Å². The van der Waals surface area contributed by atoms with Gasteiger partial charge in [0.2, 0.25) is 0 Å². The Labute approximate surface area is 120 Å². The van der Waals surface area contributed by atoms with Crippen molar-refractivity contribution in [1.29, 1.82) is 0 Å². The predicted octanol–water partition coefficient (Wildman–Crippen LogP) is 5.13. The maximum Gasteiger partial charge on any atom is 0.126 e. The van der Waals surface area contributed by atoms with Crippen LogP contribution in [0.15, 0.2) is 55.1 Å². The second-order valence-corrected chi connectivity index (χ2v) is 4.86. The molecule has 0 fully saturated rings. The van der Waals surface area contributed by atoms with Crippen molar-refractivity contribution in [2.24, 2.45) is 0 Å². The van der Waals surface area contributed by atoms with E-state index in [-0.39, 0.29) is 0 Å². The molecule has 1 heteroatoms. The van der Waals surface area contributed by atoms with Crippen LogP contribution in [0.5, 0.6) is 5.75 Å². The summed E-state index contributed by atoms with van der Waals surface area (Å²) < 4.78 is 0. The number of hydrogen-bond donors (Lipinski definition) is 1. The highest BCUT2D eigenvalue weighted by Crippen LogP contribution is 2.34. The summed E-state index contributed by atoms with van der Waals surface area (Å²) in [5.74, 6) is 0.363. The van der Waals surface area contributed by atoms with Gasteiger partial charge in [0, 0.05) is 5.56 Å². The summed E-state index contributed by atoms with van der Waals surface area (Å²) in [5.41, 5.74) is 5.09. The third-order valence-electron chi connectivity index (χ3n) is 3.46. The Kier molecular flexibility index (Phi) is 4.41. The van der Waals surface area contributed by atoms with Gasteiger partial charge in [-0.3, -0.25) is 0 Å². The van der Waals surface area contributed by atoms with E-state index in [1.165, 1.54) is 0 Å². The molecule has 0 radical (unpaired) electrons. The first-order valence-corrected chi connectivity index (χ1v) is 6.83. The van der Waals surface area contributed by atoms with Crippen LogP contribution in [-0.2, 0) is 6.42 Å². The number of allylic oxidation sites excluding steroid dienone is 2. The summed E-state index contributed by atoms with van der Waals surface area (Å²) in [6.07, 6.45) is 6.70. The van der Waals surface area contributed by atoms with E-state index in [0.717, 1.165) is 34.2 Å². The molecule has 2 rings (SSSR count). The lowest BCUT2D eigenvalue weighted by Crippen LogP contribution is -1.90. The molecule has 0 atom stereocenters. The number of phenolic OH excluding ortho intramolecular Hbond substituents is 1. The molecule has 0 bridgehead atoms. The molecular weight excluding hydrogens is 244 g/mol. The summed E-state index contributed by atoms with van der Waals surface area (Å²) in [5, 5.41) is 10.4. The molecule has 0 saturated heterocycles. The van der Waals surface area contributed by atoms with E-state index in [4.69, 9.17) is 0 Å². The number of hydrogen-bond acceptors (Lipinski definition) is 1. The number of benzene rings is 2. The Morgan fingerprint density at radius 3 is 2.70 bits per heavy atom. The molecule has 2 aromatic rings. The van der Waals surface area contributed by atoms with Gasteiger partial charge in [-0.25, -0.2) is 0 Å². The molecule has 0 saturated carbocycles. The maximum absolute atomic E-state index is 10.4. The van der Waals surface area contributed by atoms with Crippen LogP contribution in [0.4, 0.5) is 0 Å². The lowest BCUT2D eigenvalue weighted by atomic mass is 9.96. The zero-order chi connectivity index (χ0) is 14.5. The fourth-order valence-electron chi connectivity index (χ4n) is 2.35. The van der Waals surface area contributed by atoms with Crippen molar-refractivity contribution in [3.63, 3.8) is 0 Å². The standard InChI is InChI=1S/C19H20O/c1-4-7-15-9-6-10-17(13-15)18-12-11-16(8-5-2)14(3)19(18)20/h4-7,9-13,20H,2,8H2,1,3H3/b7-4+. The Morgan fingerprint density at radius 1 is 1.20 bits per heavy atom.